The molecule has 5 heteroatoms. The van der Waals surface area contributed by atoms with Crippen LogP contribution >= 0.6 is 32.9 Å². The summed E-state index contributed by atoms with van der Waals surface area (Å²) in [6.45, 7) is 5.05. The first kappa shape index (κ1) is 34.0. The first-order chi connectivity index (χ1) is 17.7. The highest BCUT2D eigenvalue weighted by atomic mass is 79.9. The van der Waals surface area contributed by atoms with Gasteiger partial charge in [-0.05, 0) is 18.9 Å². The fourth-order valence-corrected chi connectivity index (χ4v) is 5.32. The van der Waals surface area contributed by atoms with Crippen molar-refractivity contribution in [1.29, 1.82) is 0 Å². The fourth-order valence-electron chi connectivity index (χ4n) is 4.87. The minimum absolute atomic E-state index is 0. The summed E-state index contributed by atoms with van der Waals surface area (Å²) in [7, 11) is 0. The molecule has 1 unspecified atom stereocenters. The molecule has 0 saturated heterocycles. The summed E-state index contributed by atoms with van der Waals surface area (Å²) in [4.78, 5) is 12.6. The number of halogens is 2. The lowest BCUT2D eigenvalue weighted by atomic mass is 10.0. The zero-order valence-electron chi connectivity index (χ0n) is 23.4. The van der Waals surface area contributed by atoms with Crippen LogP contribution in [-0.4, -0.2) is 11.2 Å². The third-order valence-corrected chi connectivity index (χ3v) is 7.79. The van der Waals surface area contributed by atoms with Gasteiger partial charge in [-0.25, -0.2) is 0 Å². The van der Waals surface area contributed by atoms with E-state index in [1.165, 1.54) is 102 Å². The van der Waals surface area contributed by atoms with Crippen LogP contribution in [0.15, 0.2) is 47.4 Å². The standard InChI is InChI=1S/C32H50BrNO2.BrH/c1-3-4-5-6-7-8-9-10-11-12-13-14-15-16-17-21-24-36-32-27-34(30(26-33)25-31(32)35)28(2)29-22-19-18-20-23-29;/h18-20,22-23,25,27-28H,3-17,21,24,26H2,1-2H3;1H. The van der Waals surface area contributed by atoms with Crippen molar-refractivity contribution in [2.75, 3.05) is 6.61 Å². The maximum Gasteiger partial charge on any atom is 0.223 e. The Morgan fingerprint density at radius 3 is 1.76 bits per heavy atom. The maximum absolute atomic E-state index is 12.6. The van der Waals surface area contributed by atoms with Gasteiger partial charge in [0.25, 0.3) is 0 Å². The Labute approximate surface area is 245 Å². The van der Waals surface area contributed by atoms with Crippen LogP contribution < -0.4 is 10.2 Å². The van der Waals surface area contributed by atoms with E-state index in [1.54, 1.807) is 6.07 Å². The Morgan fingerprint density at radius 1 is 0.784 bits per heavy atom. The number of benzene rings is 1. The molecule has 1 atom stereocenters. The molecule has 0 spiro atoms. The predicted octanol–water partition coefficient (Wildman–Crippen LogP) is 10.6. The van der Waals surface area contributed by atoms with E-state index in [1.807, 2.05) is 12.3 Å². The van der Waals surface area contributed by atoms with Crippen molar-refractivity contribution in [3.8, 4) is 5.75 Å². The van der Waals surface area contributed by atoms with E-state index in [4.69, 9.17) is 4.74 Å². The maximum atomic E-state index is 12.6. The molecule has 0 aliphatic rings. The molecule has 0 bridgehead atoms. The van der Waals surface area contributed by atoms with Gasteiger partial charge in [0.05, 0.1) is 18.8 Å². The van der Waals surface area contributed by atoms with Crippen molar-refractivity contribution >= 4 is 32.9 Å². The zero-order chi connectivity index (χ0) is 25.8. The van der Waals surface area contributed by atoms with Gasteiger partial charge in [-0.2, -0.15) is 0 Å². The predicted molar refractivity (Wildman–Crippen MR) is 169 cm³/mol. The van der Waals surface area contributed by atoms with Crippen molar-refractivity contribution in [1.82, 2.24) is 4.57 Å². The summed E-state index contributed by atoms with van der Waals surface area (Å²) in [6.07, 6.45) is 23.6. The molecule has 210 valence electrons. The normalized spacial score (nSPS) is 11.8. The number of pyridine rings is 1. The van der Waals surface area contributed by atoms with Crippen LogP contribution in [0.3, 0.4) is 0 Å². The summed E-state index contributed by atoms with van der Waals surface area (Å²) in [5.41, 5.74) is 2.15. The van der Waals surface area contributed by atoms with E-state index in [-0.39, 0.29) is 28.5 Å². The second-order valence-electron chi connectivity index (χ2n) is 10.3. The highest BCUT2D eigenvalue weighted by molar-refractivity contribution is 9.08. The van der Waals surface area contributed by atoms with Crippen LogP contribution in [0.5, 0.6) is 5.75 Å². The van der Waals surface area contributed by atoms with E-state index in [2.05, 4.69) is 58.6 Å². The monoisotopic (exact) mass is 639 g/mol. The van der Waals surface area contributed by atoms with Crippen LogP contribution in [-0.2, 0) is 5.33 Å². The molecule has 2 rings (SSSR count). The van der Waals surface area contributed by atoms with Gasteiger partial charge in [0.1, 0.15) is 0 Å². The summed E-state index contributed by atoms with van der Waals surface area (Å²) < 4.78 is 8.08. The second kappa shape index (κ2) is 21.8. The molecule has 1 aromatic carbocycles. The Balaban J connectivity index is 0.00000684. The number of alkyl halides is 1. The van der Waals surface area contributed by atoms with E-state index >= 15 is 0 Å². The number of aromatic nitrogens is 1. The molecule has 37 heavy (non-hydrogen) atoms. The van der Waals surface area contributed by atoms with E-state index in [0.717, 1.165) is 12.1 Å². The topological polar surface area (TPSA) is 31.2 Å². The highest BCUT2D eigenvalue weighted by Crippen LogP contribution is 2.22. The lowest BCUT2D eigenvalue weighted by Gasteiger charge is -2.21. The SMILES string of the molecule is Br.CCCCCCCCCCCCCCCCCCOc1cn(C(C)c2ccccc2)c(CBr)cc1=O. The van der Waals surface area contributed by atoms with Crippen molar-refractivity contribution in [2.45, 2.75) is 128 Å². The first-order valence-corrected chi connectivity index (χ1v) is 15.8. The number of hydrogen-bond acceptors (Lipinski definition) is 2. The molecule has 0 aliphatic heterocycles. The van der Waals surface area contributed by atoms with Gasteiger partial charge in [0, 0.05) is 17.1 Å². The summed E-state index contributed by atoms with van der Waals surface area (Å²) in [5, 5.41) is 0.638. The van der Waals surface area contributed by atoms with E-state index in [9.17, 15) is 4.79 Å². The Morgan fingerprint density at radius 2 is 1.27 bits per heavy atom. The van der Waals surface area contributed by atoms with Crippen LogP contribution in [0.2, 0.25) is 0 Å². The molecular weight excluding hydrogens is 590 g/mol. The molecule has 1 heterocycles. The van der Waals surface area contributed by atoms with Crippen molar-refractivity contribution in [2.24, 2.45) is 0 Å². The number of ether oxygens (including phenoxy) is 1. The summed E-state index contributed by atoms with van der Waals surface area (Å²) in [6, 6.07) is 12.2. The number of nitrogens with zero attached hydrogens (tertiary/aromatic N) is 1. The van der Waals surface area contributed by atoms with Gasteiger partial charge >= 0.3 is 0 Å². The molecule has 0 aliphatic carbocycles. The molecule has 0 radical (unpaired) electrons. The van der Waals surface area contributed by atoms with Crippen molar-refractivity contribution < 1.29 is 4.74 Å². The quantitative estimate of drug-likeness (QED) is 0.100. The molecular formula is C32H51Br2NO2. The van der Waals surface area contributed by atoms with Gasteiger partial charge in [-0.1, -0.05) is 149 Å². The minimum atomic E-state index is -0.0301. The Hall–Kier alpha value is -1.07. The molecule has 0 N–H and O–H groups in total. The number of rotatable bonds is 21. The Kier molecular flexibility index (Phi) is 20.0. The second-order valence-corrected chi connectivity index (χ2v) is 10.8. The fraction of sp³-hybridized carbons (Fsp3) is 0.656. The van der Waals surface area contributed by atoms with Crippen LogP contribution in [0.25, 0.3) is 0 Å². The number of unbranched alkanes of at least 4 members (excludes halogenated alkanes) is 15. The average molecular weight is 642 g/mol. The smallest absolute Gasteiger partial charge is 0.223 e. The van der Waals surface area contributed by atoms with Crippen molar-refractivity contribution in [3.05, 3.63) is 64.1 Å². The molecule has 0 fully saturated rings. The van der Waals surface area contributed by atoms with Crippen molar-refractivity contribution in [3.63, 3.8) is 0 Å². The lowest BCUT2D eigenvalue weighted by molar-refractivity contribution is 0.298. The van der Waals surface area contributed by atoms with Gasteiger partial charge in [-0.3, -0.25) is 4.79 Å². The highest BCUT2D eigenvalue weighted by Gasteiger charge is 2.13. The average Bonchev–Trinajstić information content (AvgIpc) is 2.91. The lowest BCUT2D eigenvalue weighted by Crippen LogP contribution is -2.18. The van der Waals surface area contributed by atoms with E-state index < -0.39 is 0 Å². The first-order valence-electron chi connectivity index (χ1n) is 14.7. The minimum Gasteiger partial charge on any atom is -0.488 e. The summed E-state index contributed by atoms with van der Waals surface area (Å²) in [5.74, 6) is 0.462. The van der Waals surface area contributed by atoms with Gasteiger partial charge in [-0.15, -0.1) is 17.0 Å². The van der Waals surface area contributed by atoms with Gasteiger partial charge in [0.2, 0.25) is 5.43 Å². The van der Waals surface area contributed by atoms with E-state index in [0.29, 0.717) is 17.7 Å². The molecule has 3 nitrogen and oxygen atoms in total. The Bertz CT molecular complexity index is 869. The van der Waals surface area contributed by atoms with Gasteiger partial charge < -0.3 is 9.30 Å². The molecule has 1 aromatic heterocycles. The molecule has 0 amide bonds. The van der Waals surface area contributed by atoms with Crippen LogP contribution in [0.1, 0.15) is 134 Å². The molecule has 2 aromatic rings. The largest absolute Gasteiger partial charge is 0.488 e. The van der Waals surface area contributed by atoms with Gasteiger partial charge in [0.15, 0.2) is 5.75 Å². The third kappa shape index (κ3) is 14.0. The third-order valence-electron chi connectivity index (χ3n) is 7.22. The van der Waals surface area contributed by atoms with Crippen LogP contribution in [0, 0.1) is 0 Å². The van der Waals surface area contributed by atoms with Crippen LogP contribution in [0.4, 0.5) is 0 Å². The molecule has 0 saturated carbocycles. The number of hydrogen-bond donors (Lipinski definition) is 0. The zero-order valence-corrected chi connectivity index (χ0v) is 26.7. The summed E-state index contributed by atoms with van der Waals surface area (Å²) >= 11 is 3.53.